The minimum atomic E-state index is -0.247. The fraction of sp³-hybridized carbons (Fsp3) is 0.875. The number of amides is 1. The van der Waals surface area contributed by atoms with Gasteiger partial charge in [0.1, 0.15) is 6.10 Å². The first-order valence-electron chi connectivity index (χ1n) is 4.29. The van der Waals surface area contributed by atoms with Gasteiger partial charge in [-0.3, -0.25) is 0 Å². The van der Waals surface area contributed by atoms with Crippen LogP contribution in [0.2, 0.25) is 0 Å². The molecule has 4 heteroatoms. The summed E-state index contributed by atoms with van der Waals surface area (Å²) in [6.07, 6.45) is 1.88. The Labute approximate surface area is 72.9 Å². The number of nitrogens with zero attached hydrogens (tertiary/aromatic N) is 1. The summed E-state index contributed by atoms with van der Waals surface area (Å²) in [6, 6.07) is 0. The molecule has 0 bridgehead atoms. The Morgan fingerprint density at radius 3 is 2.83 bits per heavy atom. The van der Waals surface area contributed by atoms with E-state index in [0.717, 1.165) is 25.9 Å². The largest absolute Gasteiger partial charge is 0.445 e. The van der Waals surface area contributed by atoms with Gasteiger partial charge in [0, 0.05) is 20.6 Å². The maximum absolute atomic E-state index is 11.1. The Kier molecular flexibility index (Phi) is 3.34. The fourth-order valence-electron chi connectivity index (χ4n) is 1.17. The molecule has 1 saturated heterocycles. The van der Waals surface area contributed by atoms with Crippen LogP contribution < -0.4 is 5.32 Å². The maximum atomic E-state index is 11.1. The van der Waals surface area contributed by atoms with E-state index in [-0.39, 0.29) is 12.2 Å². The quantitative estimate of drug-likeness (QED) is 0.624. The number of ether oxygens (including phenoxy) is 1. The molecule has 1 N–H and O–H groups in total. The highest BCUT2D eigenvalue weighted by Gasteiger charge is 2.17. The SMILES string of the molecule is CN(C)C(=O)O[C@H]1CCCNC1. The normalized spacial score (nSPS) is 23.3. The monoisotopic (exact) mass is 172 g/mol. The molecule has 1 amide bonds. The van der Waals surface area contributed by atoms with Gasteiger partial charge in [-0.05, 0) is 19.4 Å². The molecule has 1 atom stereocenters. The van der Waals surface area contributed by atoms with E-state index in [0.29, 0.717) is 0 Å². The molecule has 0 aromatic carbocycles. The van der Waals surface area contributed by atoms with Gasteiger partial charge in [-0.2, -0.15) is 0 Å². The highest BCUT2D eigenvalue weighted by molar-refractivity contribution is 5.66. The lowest BCUT2D eigenvalue weighted by Gasteiger charge is -2.24. The molecule has 1 rings (SSSR count). The molecule has 12 heavy (non-hydrogen) atoms. The van der Waals surface area contributed by atoms with Crippen LogP contribution in [0, 0.1) is 0 Å². The summed E-state index contributed by atoms with van der Waals surface area (Å²) >= 11 is 0. The number of piperidine rings is 1. The number of rotatable bonds is 1. The summed E-state index contributed by atoms with van der Waals surface area (Å²) in [5.74, 6) is 0. The van der Waals surface area contributed by atoms with Gasteiger partial charge in [0.05, 0.1) is 0 Å². The van der Waals surface area contributed by atoms with E-state index in [4.69, 9.17) is 4.74 Å². The fourth-order valence-corrected chi connectivity index (χ4v) is 1.17. The van der Waals surface area contributed by atoms with E-state index < -0.39 is 0 Å². The Hall–Kier alpha value is -0.770. The summed E-state index contributed by atoms with van der Waals surface area (Å²) in [6.45, 7) is 1.83. The van der Waals surface area contributed by atoms with Crippen LogP contribution in [0.3, 0.4) is 0 Å². The molecule has 70 valence electrons. The predicted molar refractivity (Wildman–Crippen MR) is 46.1 cm³/mol. The van der Waals surface area contributed by atoms with E-state index in [1.807, 2.05) is 0 Å². The third-order valence-electron chi connectivity index (χ3n) is 1.88. The van der Waals surface area contributed by atoms with Gasteiger partial charge >= 0.3 is 6.09 Å². The van der Waals surface area contributed by atoms with Gasteiger partial charge in [0.15, 0.2) is 0 Å². The first-order chi connectivity index (χ1) is 5.70. The predicted octanol–water partition coefficient (Wildman–Crippen LogP) is 0.437. The number of nitrogens with one attached hydrogen (secondary N) is 1. The van der Waals surface area contributed by atoms with Gasteiger partial charge < -0.3 is 15.0 Å². The molecular formula is C8H16N2O2. The van der Waals surface area contributed by atoms with Crippen molar-refractivity contribution in [3.8, 4) is 0 Å². The van der Waals surface area contributed by atoms with Crippen molar-refractivity contribution in [1.82, 2.24) is 10.2 Å². The summed E-state index contributed by atoms with van der Waals surface area (Å²) in [5.41, 5.74) is 0. The van der Waals surface area contributed by atoms with Crippen LogP contribution in [0.25, 0.3) is 0 Å². The van der Waals surface area contributed by atoms with Crippen molar-refractivity contribution in [1.29, 1.82) is 0 Å². The molecule has 1 aliphatic heterocycles. The Balaban J connectivity index is 2.24. The third-order valence-corrected chi connectivity index (χ3v) is 1.88. The highest BCUT2D eigenvalue weighted by atomic mass is 16.6. The zero-order valence-electron chi connectivity index (χ0n) is 7.67. The molecule has 0 aliphatic carbocycles. The van der Waals surface area contributed by atoms with Crippen molar-refractivity contribution in [2.24, 2.45) is 0 Å². The highest BCUT2D eigenvalue weighted by Crippen LogP contribution is 2.06. The molecule has 0 spiro atoms. The van der Waals surface area contributed by atoms with Crippen LogP contribution in [-0.4, -0.2) is 44.3 Å². The summed E-state index contributed by atoms with van der Waals surface area (Å²) in [4.78, 5) is 12.5. The van der Waals surface area contributed by atoms with Gasteiger partial charge in [-0.25, -0.2) is 4.79 Å². The number of hydrogen-bond acceptors (Lipinski definition) is 3. The molecule has 0 unspecified atom stereocenters. The van der Waals surface area contributed by atoms with Crippen molar-refractivity contribution < 1.29 is 9.53 Å². The molecule has 4 nitrogen and oxygen atoms in total. The lowest BCUT2D eigenvalue weighted by Crippen LogP contribution is -2.38. The van der Waals surface area contributed by atoms with E-state index >= 15 is 0 Å². The van der Waals surface area contributed by atoms with Gasteiger partial charge in [-0.15, -0.1) is 0 Å². The first kappa shape index (κ1) is 9.32. The van der Waals surface area contributed by atoms with Crippen molar-refractivity contribution >= 4 is 6.09 Å². The van der Waals surface area contributed by atoms with Crippen molar-refractivity contribution in [2.45, 2.75) is 18.9 Å². The second kappa shape index (κ2) is 4.30. The zero-order valence-corrected chi connectivity index (χ0v) is 7.67. The van der Waals surface area contributed by atoms with Crippen LogP contribution >= 0.6 is 0 Å². The lowest BCUT2D eigenvalue weighted by atomic mass is 10.1. The van der Waals surface area contributed by atoms with E-state index in [1.165, 1.54) is 4.90 Å². The summed E-state index contributed by atoms with van der Waals surface area (Å²) in [5, 5.41) is 3.18. The van der Waals surface area contributed by atoms with Crippen LogP contribution in [0.1, 0.15) is 12.8 Å². The molecule has 1 aliphatic rings. The van der Waals surface area contributed by atoms with Crippen molar-refractivity contribution in [3.63, 3.8) is 0 Å². The van der Waals surface area contributed by atoms with Crippen molar-refractivity contribution in [3.05, 3.63) is 0 Å². The smallest absolute Gasteiger partial charge is 0.409 e. The summed E-state index contributed by atoms with van der Waals surface area (Å²) < 4.78 is 5.18. The lowest BCUT2D eigenvalue weighted by molar-refractivity contribution is 0.0622. The maximum Gasteiger partial charge on any atom is 0.409 e. The standard InChI is InChI=1S/C8H16N2O2/c1-10(2)8(11)12-7-4-3-5-9-6-7/h7,9H,3-6H2,1-2H3/t7-/m0/s1. The number of hydrogen-bond donors (Lipinski definition) is 1. The topological polar surface area (TPSA) is 41.6 Å². The van der Waals surface area contributed by atoms with Crippen LogP contribution in [0.5, 0.6) is 0 Å². The molecule has 0 saturated carbocycles. The Morgan fingerprint density at radius 1 is 1.58 bits per heavy atom. The second-order valence-electron chi connectivity index (χ2n) is 3.25. The molecule has 1 fully saturated rings. The minimum Gasteiger partial charge on any atom is -0.445 e. The number of carbonyl (C=O) groups is 1. The first-order valence-corrected chi connectivity index (χ1v) is 4.29. The van der Waals surface area contributed by atoms with Gasteiger partial charge in [0.25, 0.3) is 0 Å². The third kappa shape index (κ3) is 2.70. The van der Waals surface area contributed by atoms with Crippen LogP contribution in [-0.2, 0) is 4.74 Å². The minimum absolute atomic E-state index is 0.0636. The Bertz CT molecular complexity index is 153. The summed E-state index contributed by atoms with van der Waals surface area (Å²) in [7, 11) is 3.39. The van der Waals surface area contributed by atoms with Gasteiger partial charge in [0.2, 0.25) is 0 Å². The van der Waals surface area contributed by atoms with E-state index in [9.17, 15) is 4.79 Å². The van der Waals surface area contributed by atoms with Crippen LogP contribution in [0.4, 0.5) is 4.79 Å². The molecule has 0 radical (unpaired) electrons. The van der Waals surface area contributed by atoms with E-state index in [2.05, 4.69) is 5.32 Å². The van der Waals surface area contributed by atoms with Crippen molar-refractivity contribution in [2.75, 3.05) is 27.2 Å². The molecule has 1 heterocycles. The van der Waals surface area contributed by atoms with Gasteiger partial charge in [-0.1, -0.05) is 0 Å². The zero-order chi connectivity index (χ0) is 8.97. The number of carbonyl (C=O) groups excluding carboxylic acids is 1. The Morgan fingerprint density at radius 2 is 2.33 bits per heavy atom. The van der Waals surface area contributed by atoms with E-state index in [1.54, 1.807) is 14.1 Å². The molecule has 0 aromatic rings. The molecular weight excluding hydrogens is 156 g/mol. The van der Waals surface area contributed by atoms with Crippen LogP contribution in [0.15, 0.2) is 0 Å². The average molecular weight is 172 g/mol. The average Bonchev–Trinajstić information content (AvgIpc) is 2.06. The second-order valence-corrected chi connectivity index (χ2v) is 3.25. The molecule has 0 aromatic heterocycles.